The van der Waals surface area contributed by atoms with Crippen LogP contribution in [0.15, 0.2) is 54.6 Å². The first-order valence-corrected chi connectivity index (χ1v) is 7.28. The fourth-order valence-electron chi connectivity index (χ4n) is 2.31. The van der Waals surface area contributed by atoms with Gasteiger partial charge in [-0.3, -0.25) is 0 Å². The maximum Gasteiger partial charge on any atom is 0.339 e. The third-order valence-electron chi connectivity index (χ3n) is 3.49. The molecule has 0 aromatic heterocycles. The highest BCUT2D eigenvalue weighted by molar-refractivity contribution is 6.32. The summed E-state index contributed by atoms with van der Waals surface area (Å²) in [5, 5.41) is 21.0. The number of halogens is 1. The molecule has 0 amide bonds. The largest absolute Gasteiger partial charge is 0.507 e. The minimum absolute atomic E-state index is 0.140. The number of ether oxygens (including phenoxy) is 1. The molecule has 0 radical (unpaired) electrons. The van der Waals surface area contributed by atoms with E-state index >= 15 is 0 Å². The quantitative estimate of drug-likeness (QED) is 0.741. The molecular formula is C18H13ClO4. The van der Waals surface area contributed by atoms with E-state index in [-0.39, 0.29) is 28.7 Å². The number of carboxylic acid groups (broad SMARTS) is 1. The monoisotopic (exact) mass is 328 g/mol. The molecule has 0 saturated carbocycles. The average molecular weight is 329 g/mol. The zero-order valence-electron chi connectivity index (χ0n) is 12.0. The van der Waals surface area contributed by atoms with Crippen LogP contribution in [0, 0.1) is 0 Å². The second kappa shape index (κ2) is 6.18. The maximum absolute atomic E-state index is 10.9. The van der Waals surface area contributed by atoms with Gasteiger partial charge in [0.05, 0.1) is 5.02 Å². The SMILES string of the molecule is O=C(O)c1cc(Cl)c(OCc2ccc3ccccc3c2)cc1O. The summed E-state index contributed by atoms with van der Waals surface area (Å²) in [7, 11) is 0. The zero-order chi connectivity index (χ0) is 16.4. The number of hydrogen-bond donors (Lipinski definition) is 2. The fraction of sp³-hybridized carbons (Fsp3) is 0.0556. The van der Waals surface area contributed by atoms with Gasteiger partial charge in [-0.1, -0.05) is 48.0 Å². The van der Waals surface area contributed by atoms with Crippen molar-refractivity contribution in [1.82, 2.24) is 0 Å². The minimum atomic E-state index is -1.24. The molecule has 0 fully saturated rings. The number of benzene rings is 3. The minimum Gasteiger partial charge on any atom is -0.507 e. The third kappa shape index (κ3) is 3.22. The number of phenols is 1. The van der Waals surface area contributed by atoms with Crippen molar-refractivity contribution < 1.29 is 19.7 Å². The number of aromatic hydroxyl groups is 1. The standard InChI is InChI=1S/C18H13ClO4/c19-15-8-14(18(21)22)16(20)9-17(15)23-10-11-5-6-12-3-1-2-4-13(12)7-11/h1-9,20H,10H2,(H,21,22). The van der Waals surface area contributed by atoms with Crippen LogP contribution in [0.5, 0.6) is 11.5 Å². The van der Waals surface area contributed by atoms with Gasteiger partial charge in [-0.2, -0.15) is 0 Å². The highest BCUT2D eigenvalue weighted by Crippen LogP contribution is 2.32. The van der Waals surface area contributed by atoms with E-state index in [1.165, 1.54) is 12.1 Å². The Kier molecular flexibility index (Phi) is 4.08. The Hall–Kier alpha value is -2.72. The topological polar surface area (TPSA) is 66.8 Å². The predicted octanol–water partition coefficient (Wildman–Crippen LogP) is 4.48. The Balaban J connectivity index is 1.82. The average Bonchev–Trinajstić information content (AvgIpc) is 2.54. The Bertz CT molecular complexity index is 889. The Morgan fingerprint density at radius 1 is 1.04 bits per heavy atom. The van der Waals surface area contributed by atoms with Crippen molar-refractivity contribution in [2.24, 2.45) is 0 Å². The molecule has 0 atom stereocenters. The lowest BCUT2D eigenvalue weighted by atomic mass is 10.1. The highest BCUT2D eigenvalue weighted by Gasteiger charge is 2.14. The van der Waals surface area contributed by atoms with Crippen molar-refractivity contribution in [3.63, 3.8) is 0 Å². The van der Waals surface area contributed by atoms with Crippen LogP contribution in [0.1, 0.15) is 15.9 Å². The normalized spacial score (nSPS) is 10.7. The molecule has 116 valence electrons. The summed E-state index contributed by atoms with van der Waals surface area (Å²) < 4.78 is 5.60. The fourth-order valence-corrected chi connectivity index (χ4v) is 2.53. The van der Waals surface area contributed by atoms with Crippen molar-refractivity contribution in [3.8, 4) is 11.5 Å². The van der Waals surface area contributed by atoms with Gasteiger partial charge in [0.15, 0.2) is 0 Å². The molecule has 5 heteroatoms. The van der Waals surface area contributed by atoms with Crippen LogP contribution in [-0.4, -0.2) is 16.2 Å². The van der Waals surface area contributed by atoms with E-state index in [1.54, 1.807) is 0 Å². The third-order valence-corrected chi connectivity index (χ3v) is 3.78. The summed E-state index contributed by atoms with van der Waals surface area (Å²) in [6.45, 7) is 0.260. The van der Waals surface area contributed by atoms with E-state index in [0.717, 1.165) is 16.3 Å². The van der Waals surface area contributed by atoms with E-state index in [4.69, 9.17) is 21.4 Å². The first-order chi connectivity index (χ1) is 11.0. The summed E-state index contributed by atoms with van der Waals surface area (Å²) in [6, 6.07) is 16.3. The number of carbonyl (C=O) groups is 1. The predicted molar refractivity (Wildman–Crippen MR) is 88.4 cm³/mol. The lowest BCUT2D eigenvalue weighted by molar-refractivity contribution is 0.0693. The number of rotatable bonds is 4. The second-order valence-corrected chi connectivity index (χ2v) is 5.48. The molecule has 0 unspecified atom stereocenters. The van der Waals surface area contributed by atoms with Gasteiger partial charge in [0.2, 0.25) is 0 Å². The van der Waals surface area contributed by atoms with Gasteiger partial charge in [-0.15, -0.1) is 0 Å². The summed E-state index contributed by atoms with van der Waals surface area (Å²) in [6.07, 6.45) is 0. The van der Waals surface area contributed by atoms with Gasteiger partial charge >= 0.3 is 5.97 Å². The van der Waals surface area contributed by atoms with Crippen LogP contribution in [0.4, 0.5) is 0 Å². The Labute approximate surface area is 137 Å². The van der Waals surface area contributed by atoms with Crippen LogP contribution < -0.4 is 4.74 Å². The van der Waals surface area contributed by atoms with Crippen LogP contribution in [-0.2, 0) is 6.61 Å². The molecular weight excluding hydrogens is 316 g/mol. The van der Waals surface area contributed by atoms with Crippen LogP contribution in [0.2, 0.25) is 5.02 Å². The lowest BCUT2D eigenvalue weighted by Gasteiger charge is -2.10. The van der Waals surface area contributed by atoms with Crippen LogP contribution in [0.3, 0.4) is 0 Å². The number of carboxylic acids is 1. The van der Waals surface area contributed by atoms with Crippen LogP contribution in [0.25, 0.3) is 10.8 Å². The summed E-state index contributed by atoms with van der Waals surface area (Å²) in [4.78, 5) is 10.9. The van der Waals surface area contributed by atoms with E-state index in [1.807, 2.05) is 42.5 Å². The summed E-state index contributed by atoms with van der Waals surface area (Å²) >= 11 is 6.01. The second-order valence-electron chi connectivity index (χ2n) is 5.08. The summed E-state index contributed by atoms with van der Waals surface area (Å²) in [5.41, 5.74) is 0.689. The molecule has 3 aromatic carbocycles. The number of hydrogen-bond acceptors (Lipinski definition) is 3. The first kappa shape index (κ1) is 15.2. The molecule has 3 rings (SSSR count). The molecule has 0 spiro atoms. The molecule has 4 nitrogen and oxygen atoms in total. The zero-order valence-corrected chi connectivity index (χ0v) is 12.7. The number of fused-ring (bicyclic) bond motifs is 1. The molecule has 3 aromatic rings. The van der Waals surface area contributed by atoms with E-state index in [9.17, 15) is 9.90 Å². The van der Waals surface area contributed by atoms with Crippen molar-refractivity contribution in [2.75, 3.05) is 0 Å². The van der Waals surface area contributed by atoms with Gasteiger partial charge < -0.3 is 14.9 Å². The smallest absolute Gasteiger partial charge is 0.339 e. The van der Waals surface area contributed by atoms with Crippen molar-refractivity contribution in [2.45, 2.75) is 6.61 Å². The summed E-state index contributed by atoms with van der Waals surface area (Å²) in [5.74, 6) is -1.39. The van der Waals surface area contributed by atoms with Crippen molar-refractivity contribution >= 4 is 28.3 Å². The first-order valence-electron chi connectivity index (χ1n) is 6.91. The Morgan fingerprint density at radius 2 is 1.78 bits per heavy atom. The van der Waals surface area contributed by atoms with Gasteiger partial charge in [-0.05, 0) is 28.5 Å². The van der Waals surface area contributed by atoms with Crippen molar-refractivity contribution in [1.29, 1.82) is 0 Å². The lowest BCUT2D eigenvalue weighted by Crippen LogP contribution is -2.00. The van der Waals surface area contributed by atoms with Gasteiger partial charge in [0.25, 0.3) is 0 Å². The van der Waals surface area contributed by atoms with Gasteiger partial charge in [0.1, 0.15) is 23.7 Å². The molecule has 2 N–H and O–H groups in total. The van der Waals surface area contributed by atoms with E-state index in [2.05, 4.69) is 0 Å². The molecule has 23 heavy (non-hydrogen) atoms. The molecule has 0 aliphatic carbocycles. The molecule has 0 heterocycles. The molecule has 0 aliphatic rings. The van der Waals surface area contributed by atoms with Gasteiger partial charge in [-0.25, -0.2) is 4.79 Å². The maximum atomic E-state index is 10.9. The highest BCUT2D eigenvalue weighted by atomic mass is 35.5. The van der Waals surface area contributed by atoms with Crippen LogP contribution >= 0.6 is 11.6 Å². The number of aromatic carboxylic acids is 1. The van der Waals surface area contributed by atoms with E-state index in [0.29, 0.717) is 0 Å². The molecule has 0 aliphatic heterocycles. The van der Waals surface area contributed by atoms with E-state index < -0.39 is 5.97 Å². The molecule has 0 bridgehead atoms. The van der Waals surface area contributed by atoms with Gasteiger partial charge in [0, 0.05) is 6.07 Å². The van der Waals surface area contributed by atoms with Crippen molar-refractivity contribution in [3.05, 3.63) is 70.7 Å². The molecule has 0 saturated heterocycles. The Morgan fingerprint density at radius 3 is 2.52 bits per heavy atom.